The number of hydrogen-bond acceptors (Lipinski definition) is 2. The normalized spacial score (nSPS) is 28.0. The van der Waals surface area contributed by atoms with Gasteiger partial charge in [0, 0.05) is 18.6 Å². The molecule has 126 valence electrons. The highest BCUT2D eigenvalue weighted by molar-refractivity contribution is 5.18. The van der Waals surface area contributed by atoms with Gasteiger partial charge in [0.05, 0.1) is 6.10 Å². The Bertz CT molecular complexity index is 628. The van der Waals surface area contributed by atoms with Crippen molar-refractivity contribution >= 4 is 0 Å². The topological polar surface area (TPSA) is 23.5 Å². The Morgan fingerprint density at radius 2 is 1.46 bits per heavy atom. The molecule has 24 heavy (non-hydrogen) atoms. The lowest BCUT2D eigenvalue weighted by Gasteiger charge is -2.40. The Morgan fingerprint density at radius 1 is 0.875 bits per heavy atom. The minimum absolute atomic E-state index is 0.361. The molecule has 2 aliphatic heterocycles. The number of aliphatic hydroxyl groups is 1. The summed E-state index contributed by atoms with van der Waals surface area (Å²) in [6.07, 6.45) is 6.03. The van der Waals surface area contributed by atoms with Crippen LogP contribution in [0.3, 0.4) is 0 Å². The van der Waals surface area contributed by atoms with Crippen LogP contribution >= 0.6 is 0 Å². The molecule has 0 aromatic heterocycles. The highest BCUT2D eigenvalue weighted by Crippen LogP contribution is 2.40. The largest absolute Gasteiger partial charge is 0.387 e. The summed E-state index contributed by atoms with van der Waals surface area (Å²) in [4.78, 5) is 2.60. The molecule has 2 aliphatic rings. The monoisotopic (exact) mass is 321 g/mol. The van der Waals surface area contributed by atoms with Gasteiger partial charge in [-0.3, -0.25) is 4.90 Å². The lowest BCUT2D eigenvalue weighted by molar-refractivity contribution is 0.0447. The predicted molar refractivity (Wildman–Crippen MR) is 97.8 cm³/mol. The Balaban J connectivity index is 1.38. The molecule has 1 unspecified atom stereocenters. The van der Waals surface area contributed by atoms with E-state index in [0.717, 1.165) is 18.0 Å². The second-order valence-electron chi connectivity index (χ2n) is 7.54. The molecule has 0 amide bonds. The second kappa shape index (κ2) is 7.08. The molecule has 2 aromatic rings. The smallest absolute Gasteiger partial charge is 0.0917 e. The summed E-state index contributed by atoms with van der Waals surface area (Å²) in [5, 5.41) is 10.6. The maximum Gasteiger partial charge on any atom is 0.0917 e. The number of benzene rings is 2. The lowest BCUT2D eigenvalue weighted by atomic mass is 9.85. The standard InChI is InChI=1S/C22H27NO/c24-22(19-9-5-2-6-10-19)16-23-20-11-12-21(23)15-18(14-20)13-17-7-3-1-4-8-17/h1-10,18,20-22,24H,11-16H2/t18?,20-,21+,22-/m0/s1. The van der Waals surface area contributed by atoms with Crippen molar-refractivity contribution in [3.63, 3.8) is 0 Å². The molecule has 2 fully saturated rings. The first kappa shape index (κ1) is 15.9. The van der Waals surface area contributed by atoms with Crippen LogP contribution in [0, 0.1) is 5.92 Å². The van der Waals surface area contributed by atoms with Gasteiger partial charge in [-0.15, -0.1) is 0 Å². The van der Waals surface area contributed by atoms with Crippen molar-refractivity contribution in [2.45, 2.75) is 50.3 Å². The zero-order valence-electron chi connectivity index (χ0n) is 14.2. The number of hydrogen-bond donors (Lipinski definition) is 1. The number of fused-ring (bicyclic) bond motifs is 2. The van der Waals surface area contributed by atoms with Gasteiger partial charge in [-0.25, -0.2) is 0 Å². The van der Waals surface area contributed by atoms with Crippen LogP contribution in [-0.2, 0) is 6.42 Å². The maximum atomic E-state index is 10.6. The van der Waals surface area contributed by atoms with Crippen LogP contribution < -0.4 is 0 Å². The van der Waals surface area contributed by atoms with Gasteiger partial charge in [0.15, 0.2) is 0 Å². The molecular formula is C22H27NO. The number of nitrogens with zero attached hydrogens (tertiary/aromatic N) is 1. The average Bonchev–Trinajstić information content (AvgIpc) is 2.86. The summed E-state index contributed by atoms with van der Waals surface area (Å²) in [5.74, 6) is 0.801. The van der Waals surface area contributed by atoms with Crippen LogP contribution in [0.1, 0.15) is 42.9 Å². The third-order valence-corrected chi connectivity index (χ3v) is 5.92. The molecular weight excluding hydrogens is 294 g/mol. The molecule has 2 heterocycles. The van der Waals surface area contributed by atoms with E-state index >= 15 is 0 Å². The summed E-state index contributed by atoms with van der Waals surface area (Å²) < 4.78 is 0. The molecule has 4 atom stereocenters. The highest BCUT2D eigenvalue weighted by Gasteiger charge is 2.41. The van der Waals surface area contributed by atoms with Gasteiger partial charge in [0.25, 0.3) is 0 Å². The second-order valence-corrected chi connectivity index (χ2v) is 7.54. The number of aliphatic hydroxyl groups excluding tert-OH is 1. The van der Waals surface area contributed by atoms with Gasteiger partial charge in [-0.05, 0) is 49.1 Å². The molecule has 2 nitrogen and oxygen atoms in total. The molecule has 0 aliphatic carbocycles. The van der Waals surface area contributed by atoms with Crippen molar-refractivity contribution in [1.29, 1.82) is 0 Å². The van der Waals surface area contributed by atoms with E-state index in [9.17, 15) is 5.11 Å². The summed E-state index contributed by atoms with van der Waals surface area (Å²) in [7, 11) is 0. The molecule has 2 bridgehead atoms. The van der Waals surface area contributed by atoms with E-state index < -0.39 is 0 Å². The molecule has 4 rings (SSSR count). The van der Waals surface area contributed by atoms with Gasteiger partial charge in [-0.2, -0.15) is 0 Å². The fraction of sp³-hybridized carbons (Fsp3) is 0.455. The number of piperidine rings is 1. The summed E-state index contributed by atoms with van der Waals surface area (Å²) >= 11 is 0. The predicted octanol–water partition coefficient (Wildman–Crippen LogP) is 4.21. The zero-order chi connectivity index (χ0) is 16.4. The molecule has 0 saturated carbocycles. The SMILES string of the molecule is O[C@@H](CN1[C@@H]2CC[C@H]1CC(Cc1ccccc1)C2)c1ccccc1. The Labute approximate surface area is 145 Å². The van der Waals surface area contributed by atoms with Crippen LogP contribution in [-0.4, -0.2) is 28.6 Å². The lowest BCUT2D eigenvalue weighted by Crippen LogP contribution is -2.45. The van der Waals surface area contributed by atoms with E-state index in [0.29, 0.717) is 12.1 Å². The van der Waals surface area contributed by atoms with Crippen LogP contribution in [0.5, 0.6) is 0 Å². The van der Waals surface area contributed by atoms with Crippen molar-refractivity contribution in [3.05, 3.63) is 71.8 Å². The molecule has 2 aromatic carbocycles. The van der Waals surface area contributed by atoms with Crippen LogP contribution in [0.2, 0.25) is 0 Å². The molecule has 0 spiro atoms. The third kappa shape index (κ3) is 3.40. The van der Waals surface area contributed by atoms with Crippen LogP contribution in [0.25, 0.3) is 0 Å². The van der Waals surface area contributed by atoms with Gasteiger partial charge < -0.3 is 5.11 Å². The molecule has 0 radical (unpaired) electrons. The maximum absolute atomic E-state index is 10.6. The van der Waals surface area contributed by atoms with Gasteiger partial charge in [-0.1, -0.05) is 60.7 Å². The van der Waals surface area contributed by atoms with Crippen molar-refractivity contribution in [2.75, 3.05) is 6.54 Å². The van der Waals surface area contributed by atoms with Crippen molar-refractivity contribution in [1.82, 2.24) is 4.90 Å². The van der Waals surface area contributed by atoms with Gasteiger partial charge >= 0.3 is 0 Å². The third-order valence-electron chi connectivity index (χ3n) is 5.92. The average molecular weight is 321 g/mol. The molecule has 1 N–H and O–H groups in total. The van der Waals surface area contributed by atoms with E-state index in [4.69, 9.17) is 0 Å². The zero-order valence-corrected chi connectivity index (χ0v) is 14.2. The van der Waals surface area contributed by atoms with Crippen LogP contribution in [0.15, 0.2) is 60.7 Å². The molecule has 2 saturated heterocycles. The number of rotatable bonds is 5. The van der Waals surface area contributed by atoms with E-state index in [2.05, 4.69) is 35.2 Å². The minimum atomic E-state index is -0.361. The van der Waals surface area contributed by atoms with Crippen LogP contribution in [0.4, 0.5) is 0 Å². The van der Waals surface area contributed by atoms with Crippen molar-refractivity contribution in [3.8, 4) is 0 Å². The highest BCUT2D eigenvalue weighted by atomic mass is 16.3. The van der Waals surface area contributed by atoms with Crippen molar-refractivity contribution < 1.29 is 5.11 Å². The summed E-state index contributed by atoms with van der Waals surface area (Å²) in [6, 6.07) is 22.3. The quantitative estimate of drug-likeness (QED) is 0.892. The van der Waals surface area contributed by atoms with E-state index in [1.54, 1.807) is 0 Å². The van der Waals surface area contributed by atoms with Crippen molar-refractivity contribution in [2.24, 2.45) is 5.92 Å². The van der Waals surface area contributed by atoms with E-state index in [-0.39, 0.29) is 6.10 Å². The molecule has 2 heteroatoms. The van der Waals surface area contributed by atoms with Gasteiger partial charge in [0.1, 0.15) is 0 Å². The Hall–Kier alpha value is -1.64. The summed E-state index contributed by atoms with van der Waals surface area (Å²) in [6.45, 7) is 0.789. The summed E-state index contributed by atoms with van der Waals surface area (Å²) in [5.41, 5.74) is 2.52. The van der Waals surface area contributed by atoms with Gasteiger partial charge in [0.2, 0.25) is 0 Å². The van der Waals surface area contributed by atoms with E-state index in [1.165, 1.54) is 37.7 Å². The first-order chi connectivity index (χ1) is 11.8. The first-order valence-electron chi connectivity index (χ1n) is 9.32. The minimum Gasteiger partial charge on any atom is -0.387 e. The fourth-order valence-corrected chi connectivity index (χ4v) is 4.78. The Kier molecular flexibility index (Phi) is 4.68. The Morgan fingerprint density at radius 3 is 2.08 bits per heavy atom. The van der Waals surface area contributed by atoms with E-state index in [1.807, 2.05) is 30.3 Å². The first-order valence-corrected chi connectivity index (χ1v) is 9.32. The fourth-order valence-electron chi connectivity index (χ4n) is 4.78.